The molecule has 182 valence electrons. The second-order valence-electron chi connectivity index (χ2n) is 7.70. The number of rotatable bonds is 4. The molecule has 0 saturated heterocycles. The van der Waals surface area contributed by atoms with Gasteiger partial charge in [0, 0.05) is 10.1 Å². The second-order valence-corrected chi connectivity index (χ2v) is 8.86. The third-order valence-electron chi connectivity index (χ3n) is 5.24. The van der Waals surface area contributed by atoms with E-state index in [-0.39, 0.29) is 11.8 Å². The third-order valence-corrected chi connectivity index (χ3v) is 6.19. The summed E-state index contributed by atoms with van der Waals surface area (Å²) in [6.07, 6.45) is 0. The Labute approximate surface area is 223 Å². The number of benzene rings is 4. The zero-order chi connectivity index (χ0) is 25.9. The van der Waals surface area contributed by atoms with Crippen LogP contribution in [0.4, 0.5) is 0 Å². The Hall–Kier alpha value is -3.82. The van der Waals surface area contributed by atoms with Crippen molar-refractivity contribution in [3.8, 4) is 0 Å². The van der Waals surface area contributed by atoms with Crippen molar-refractivity contribution in [3.05, 3.63) is 141 Å². The minimum Gasteiger partial charge on any atom is -0.478 e. The minimum atomic E-state index is -0.870. The van der Waals surface area contributed by atoms with Crippen LogP contribution in [0.5, 0.6) is 0 Å². The molecule has 4 aromatic carbocycles. The molecule has 36 heavy (non-hydrogen) atoms. The molecule has 0 atom stereocenters. The van der Waals surface area contributed by atoms with Gasteiger partial charge >= 0.3 is 5.97 Å². The van der Waals surface area contributed by atoms with E-state index in [1.54, 1.807) is 42.5 Å². The highest BCUT2D eigenvalue weighted by Gasteiger charge is 2.34. The standard InChI is InChI=1S/C15H11NO2.C7H5IO2.C7H9N/c17-14-12-8-4-5-9-13(12)15(18)16(14)10-11-6-2-1-3-7-11;8-6-4-2-1-3-5(6)7(9)10;8-6-7-4-2-1-3-5-7/h1-9H,10H2;1-4H,(H,9,10);1-5H,6,8H2. The molecule has 0 unspecified atom stereocenters. The lowest BCUT2D eigenvalue weighted by Crippen LogP contribution is -2.29. The molecule has 1 heterocycles. The topological polar surface area (TPSA) is 101 Å². The molecule has 7 heteroatoms. The van der Waals surface area contributed by atoms with E-state index in [9.17, 15) is 14.4 Å². The molecule has 4 aromatic rings. The Morgan fingerprint density at radius 2 is 1.14 bits per heavy atom. The maximum Gasteiger partial charge on any atom is 0.336 e. The van der Waals surface area contributed by atoms with Crippen molar-refractivity contribution in [1.82, 2.24) is 4.90 Å². The highest BCUT2D eigenvalue weighted by molar-refractivity contribution is 14.1. The van der Waals surface area contributed by atoms with Gasteiger partial charge in [-0.1, -0.05) is 84.9 Å². The number of amides is 2. The number of aromatic carboxylic acids is 1. The summed E-state index contributed by atoms with van der Waals surface area (Å²) in [5.41, 5.74) is 8.85. The van der Waals surface area contributed by atoms with Gasteiger partial charge in [0.05, 0.1) is 23.2 Å². The number of nitrogens with two attached hydrogens (primary N) is 1. The Balaban J connectivity index is 0.000000169. The SMILES string of the molecule is NCc1ccccc1.O=C(O)c1ccccc1I.O=C1c2ccccc2C(=O)N1Cc1ccccc1. The number of halogens is 1. The van der Waals surface area contributed by atoms with Crippen molar-refractivity contribution in [2.24, 2.45) is 5.73 Å². The van der Waals surface area contributed by atoms with Crippen LogP contribution in [0.25, 0.3) is 0 Å². The lowest BCUT2D eigenvalue weighted by atomic mass is 10.1. The van der Waals surface area contributed by atoms with Crippen molar-refractivity contribution in [1.29, 1.82) is 0 Å². The highest BCUT2D eigenvalue weighted by atomic mass is 127. The van der Waals surface area contributed by atoms with E-state index < -0.39 is 5.97 Å². The van der Waals surface area contributed by atoms with Gasteiger partial charge in [0.2, 0.25) is 0 Å². The van der Waals surface area contributed by atoms with Crippen molar-refractivity contribution in [2.75, 3.05) is 0 Å². The van der Waals surface area contributed by atoms with Gasteiger partial charge in [0.1, 0.15) is 0 Å². The van der Waals surface area contributed by atoms with Crippen molar-refractivity contribution in [3.63, 3.8) is 0 Å². The van der Waals surface area contributed by atoms with Crippen LogP contribution in [-0.4, -0.2) is 27.8 Å². The normalized spacial score (nSPS) is 11.6. The van der Waals surface area contributed by atoms with E-state index in [2.05, 4.69) is 0 Å². The van der Waals surface area contributed by atoms with Crippen LogP contribution in [-0.2, 0) is 13.1 Å². The number of carbonyl (C=O) groups is 3. The molecule has 1 aliphatic rings. The second kappa shape index (κ2) is 13.3. The van der Waals surface area contributed by atoms with E-state index in [1.165, 1.54) is 10.5 Å². The zero-order valence-corrected chi connectivity index (χ0v) is 21.5. The fraction of sp³-hybridized carbons (Fsp3) is 0.0690. The van der Waals surface area contributed by atoms with E-state index in [4.69, 9.17) is 10.8 Å². The maximum absolute atomic E-state index is 12.1. The molecule has 0 fully saturated rings. The lowest BCUT2D eigenvalue weighted by Gasteiger charge is -2.13. The van der Waals surface area contributed by atoms with Crippen LogP contribution in [0, 0.1) is 3.57 Å². The summed E-state index contributed by atoms with van der Waals surface area (Å²) in [7, 11) is 0. The van der Waals surface area contributed by atoms with Crippen molar-refractivity contribution in [2.45, 2.75) is 13.1 Å². The highest BCUT2D eigenvalue weighted by Crippen LogP contribution is 2.24. The van der Waals surface area contributed by atoms with Gasteiger partial charge in [-0.15, -0.1) is 0 Å². The Bertz CT molecular complexity index is 1290. The summed E-state index contributed by atoms with van der Waals surface area (Å²) in [4.78, 5) is 35.9. The number of imide groups is 1. The summed E-state index contributed by atoms with van der Waals surface area (Å²) in [5.74, 6) is -1.29. The van der Waals surface area contributed by atoms with Crippen LogP contribution in [0.2, 0.25) is 0 Å². The summed E-state index contributed by atoms with van der Waals surface area (Å²) in [5, 5.41) is 8.56. The summed E-state index contributed by atoms with van der Waals surface area (Å²) in [6, 6.07) is 33.3. The first-order chi connectivity index (χ1) is 17.4. The predicted octanol–water partition coefficient (Wildman–Crippen LogP) is 5.62. The number of carboxylic acids is 1. The zero-order valence-electron chi connectivity index (χ0n) is 19.4. The van der Waals surface area contributed by atoms with E-state index in [1.807, 2.05) is 89.3 Å². The molecule has 2 amide bonds. The minimum absolute atomic E-state index is 0.209. The molecular formula is C29H25IN2O4. The molecule has 0 bridgehead atoms. The molecule has 0 spiro atoms. The van der Waals surface area contributed by atoms with Gasteiger partial charge in [-0.2, -0.15) is 0 Å². The first-order valence-corrected chi connectivity index (χ1v) is 12.2. The first kappa shape index (κ1) is 26.8. The summed E-state index contributed by atoms with van der Waals surface area (Å²) >= 11 is 1.99. The van der Waals surface area contributed by atoms with E-state index in [0.29, 0.717) is 29.8 Å². The van der Waals surface area contributed by atoms with Gasteiger partial charge in [-0.05, 0) is 58.0 Å². The fourth-order valence-corrected chi connectivity index (χ4v) is 4.02. The number of nitrogens with zero attached hydrogens (tertiary/aromatic N) is 1. The molecule has 3 N–H and O–H groups in total. The molecular weight excluding hydrogens is 567 g/mol. The molecule has 0 aromatic heterocycles. The first-order valence-electron chi connectivity index (χ1n) is 11.1. The third kappa shape index (κ3) is 7.10. The average Bonchev–Trinajstić information content (AvgIpc) is 3.15. The maximum atomic E-state index is 12.1. The van der Waals surface area contributed by atoms with Crippen LogP contribution in [0.3, 0.4) is 0 Å². The summed E-state index contributed by atoms with van der Waals surface area (Å²) in [6.45, 7) is 0.966. The van der Waals surface area contributed by atoms with Crippen molar-refractivity contribution < 1.29 is 19.5 Å². The molecule has 0 saturated carbocycles. The Morgan fingerprint density at radius 3 is 1.56 bits per heavy atom. The van der Waals surface area contributed by atoms with Gasteiger partial charge in [0.15, 0.2) is 0 Å². The van der Waals surface area contributed by atoms with Crippen LogP contribution in [0.15, 0.2) is 109 Å². The fourth-order valence-electron chi connectivity index (χ4n) is 3.40. The molecule has 6 nitrogen and oxygen atoms in total. The quantitative estimate of drug-likeness (QED) is 0.237. The number of fused-ring (bicyclic) bond motifs is 1. The monoisotopic (exact) mass is 592 g/mol. The smallest absolute Gasteiger partial charge is 0.336 e. The van der Waals surface area contributed by atoms with Gasteiger partial charge < -0.3 is 10.8 Å². The largest absolute Gasteiger partial charge is 0.478 e. The number of carbonyl (C=O) groups excluding carboxylic acids is 2. The van der Waals surface area contributed by atoms with Gasteiger partial charge in [-0.3, -0.25) is 14.5 Å². The molecule has 1 aliphatic heterocycles. The molecule has 5 rings (SSSR count). The van der Waals surface area contributed by atoms with Gasteiger partial charge in [0.25, 0.3) is 11.8 Å². The summed E-state index contributed by atoms with van der Waals surface area (Å²) < 4.78 is 0.771. The number of carboxylic acid groups (broad SMARTS) is 1. The molecule has 0 radical (unpaired) electrons. The van der Waals surface area contributed by atoms with E-state index in [0.717, 1.165) is 9.13 Å². The Morgan fingerprint density at radius 1 is 0.694 bits per heavy atom. The van der Waals surface area contributed by atoms with Crippen LogP contribution in [0.1, 0.15) is 42.2 Å². The van der Waals surface area contributed by atoms with E-state index >= 15 is 0 Å². The van der Waals surface area contributed by atoms with Gasteiger partial charge in [-0.25, -0.2) is 4.79 Å². The number of hydrogen-bond acceptors (Lipinski definition) is 4. The Kier molecular flexibility index (Phi) is 9.91. The van der Waals surface area contributed by atoms with Crippen LogP contribution < -0.4 is 5.73 Å². The number of hydrogen-bond donors (Lipinski definition) is 2. The average molecular weight is 592 g/mol. The van der Waals surface area contributed by atoms with Crippen LogP contribution >= 0.6 is 22.6 Å². The lowest BCUT2D eigenvalue weighted by molar-refractivity contribution is 0.0639. The molecule has 0 aliphatic carbocycles. The predicted molar refractivity (Wildman–Crippen MR) is 148 cm³/mol. The van der Waals surface area contributed by atoms with Crippen molar-refractivity contribution >= 4 is 40.4 Å².